The number of benzene rings is 2. The van der Waals surface area contributed by atoms with Gasteiger partial charge in [-0.25, -0.2) is 8.42 Å². The Morgan fingerprint density at radius 2 is 2.00 bits per heavy atom. The van der Waals surface area contributed by atoms with Crippen molar-refractivity contribution >= 4 is 31.6 Å². The topological polar surface area (TPSA) is 87.9 Å². The lowest BCUT2D eigenvalue weighted by molar-refractivity contribution is 0.414. The Balaban J connectivity index is 2.19. The van der Waals surface area contributed by atoms with Gasteiger partial charge in [-0.15, -0.1) is 0 Å². The Hall–Kier alpha value is -3.24. The highest BCUT2D eigenvalue weighted by Gasteiger charge is 2.25. The van der Waals surface area contributed by atoms with Crippen molar-refractivity contribution in [1.29, 1.82) is 5.26 Å². The van der Waals surface area contributed by atoms with Crippen LogP contribution in [0.25, 0.3) is 33.1 Å². The molecule has 1 N–H and O–H groups in total. The summed E-state index contributed by atoms with van der Waals surface area (Å²) in [5.74, 6) is 0.442. The molecule has 0 aliphatic carbocycles. The summed E-state index contributed by atoms with van der Waals surface area (Å²) in [7, 11) is -2.07. The van der Waals surface area contributed by atoms with E-state index in [1.165, 1.54) is 13.2 Å². The number of aromatic amines is 1. The van der Waals surface area contributed by atoms with Crippen molar-refractivity contribution in [3.63, 3.8) is 0 Å². The molecule has 0 fully saturated rings. The van der Waals surface area contributed by atoms with Gasteiger partial charge in [0, 0.05) is 46.9 Å². The number of rotatable bonds is 4. The van der Waals surface area contributed by atoms with Crippen molar-refractivity contribution in [2.75, 3.05) is 13.4 Å². The van der Waals surface area contributed by atoms with Crippen LogP contribution in [0.5, 0.6) is 5.75 Å². The SMILES string of the molecule is CCn1c(-c2ccc3[nH]ccc3c2)c(C#N)c2c(S(C)(=O)=O)cc(OC)cc21. The molecule has 0 saturated carbocycles. The van der Waals surface area contributed by atoms with Gasteiger partial charge in [0.2, 0.25) is 0 Å². The number of H-pyrrole nitrogens is 1. The third-order valence-corrected chi connectivity index (χ3v) is 6.11. The number of methoxy groups -OCH3 is 1. The highest BCUT2D eigenvalue weighted by atomic mass is 32.2. The fraction of sp³-hybridized carbons (Fsp3) is 0.190. The Kier molecular flexibility index (Phi) is 4.16. The lowest BCUT2D eigenvalue weighted by atomic mass is 10.0. The summed E-state index contributed by atoms with van der Waals surface area (Å²) in [6.45, 7) is 2.55. The van der Waals surface area contributed by atoms with Crippen LogP contribution >= 0.6 is 0 Å². The van der Waals surface area contributed by atoms with Crippen LogP contribution in [0.15, 0.2) is 47.5 Å². The van der Waals surface area contributed by atoms with E-state index in [0.717, 1.165) is 22.7 Å². The largest absolute Gasteiger partial charge is 0.497 e. The van der Waals surface area contributed by atoms with E-state index in [4.69, 9.17) is 4.74 Å². The van der Waals surface area contributed by atoms with Gasteiger partial charge in [-0.3, -0.25) is 0 Å². The Bertz CT molecular complexity index is 1370. The summed E-state index contributed by atoms with van der Waals surface area (Å²) in [6, 6.07) is 13.4. The molecule has 0 unspecified atom stereocenters. The van der Waals surface area contributed by atoms with Crippen molar-refractivity contribution in [2.45, 2.75) is 18.4 Å². The minimum absolute atomic E-state index is 0.106. The molecule has 0 saturated heterocycles. The van der Waals surface area contributed by atoms with Gasteiger partial charge in [-0.1, -0.05) is 6.07 Å². The van der Waals surface area contributed by atoms with E-state index < -0.39 is 9.84 Å². The number of nitriles is 1. The van der Waals surface area contributed by atoms with Crippen molar-refractivity contribution in [3.8, 4) is 23.1 Å². The third kappa shape index (κ3) is 2.65. The first kappa shape index (κ1) is 18.1. The van der Waals surface area contributed by atoms with E-state index in [0.29, 0.717) is 34.5 Å². The molecule has 6 nitrogen and oxygen atoms in total. The molecule has 7 heteroatoms. The zero-order valence-corrected chi connectivity index (χ0v) is 16.6. The van der Waals surface area contributed by atoms with Crippen LogP contribution in [0.3, 0.4) is 0 Å². The van der Waals surface area contributed by atoms with E-state index in [-0.39, 0.29) is 4.90 Å². The number of sulfone groups is 1. The molecule has 4 aromatic rings. The van der Waals surface area contributed by atoms with Crippen LogP contribution in [-0.2, 0) is 16.4 Å². The lowest BCUT2D eigenvalue weighted by Crippen LogP contribution is -2.00. The standard InChI is InChI=1S/C21H19N3O3S/c1-4-24-18-10-15(27-2)11-19(28(3,25)26)20(18)16(12-22)21(24)14-5-6-17-13(9-14)7-8-23-17/h5-11,23H,4H2,1-3H3. The Morgan fingerprint density at radius 1 is 1.21 bits per heavy atom. The van der Waals surface area contributed by atoms with Crippen LogP contribution in [0.1, 0.15) is 12.5 Å². The Labute approximate surface area is 162 Å². The van der Waals surface area contributed by atoms with Crippen molar-refractivity contribution in [2.24, 2.45) is 0 Å². The number of hydrogen-bond donors (Lipinski definition) is 1. The van der Waals surface area contributed by atoms with Gasteiger partial charge in [-0.2, -0.15) is 5.26 Å². The van der Waals surface area contributed by atoms with Crippen molar-refractivity contribution in [3.05, 3.63) is 48.2 Å². The number of hydrogen-bond acceptors (Lipinski definition) is 4. The average molecular weight is 393 g/mol. The van der Waals surface area contributed by atoms with Gasteiger partial charge in [0.1, 0.15) is 11.8 Å². The molecule has 142 valence electrons. The van der Waals surface area contributed by atoms with Crippen LogP contribution in [-0.4, -0.2) is 31.3 Å². The second-order valence-corrected chi connectivity index (χ2v) is 8.64. The van der Waals surface area contributed by atoms with Gasteiger partial charge in [-0.05, 0) is 31.2 Å². The second kappa shape index (κ2) is 6.43. The number of nitrogens with one attached hydrogen (secondary N) is 1. The Morgan fingerprint density at radius 3 is 2.64 bits per heavy atom. The van der Waals surface area contributed by atoms with Crippen LogP contribution in [0.2, 0.25) is 0 Å². The van der Waals surface area contributed by atoms with Crippen LogP contribution in [0, 0.1) is 11.3 Å². The van der Waals surface area contributed by atoms with Gasteiger partial charge in [0.05, 0.1) is 28.8 Å². The zero-order valence-electron chi connectivity index (χ0n) is 15.8. The van der Waals surface area contributed by atoms with E-state index in [2.05, 4.69) is 11.1 Å². The van der Waals surface area contributed by atoms with Crippen LogP contribution in [0.4, 0.5) is 0 Å². The molecule has 0 radical (unpaired) electrons. The summed E-state index contributed by atoms with van der Waals surface area (Å²) < 4.78 is 32.3. The molecule has 2 aromatic heterocycles. The van der Waals surface area contributed by atoms with E-state index in [1.807, 2.05) is 42.0 Å². The third-order valence-electron chi connectivity index (χ3n) is 4.99. The maximum atomic E-state index is 12.5. The van der Waals surface area contributed by atoms with Gasteiger partial charge in [0.15, 0.2) is 9.84 Å². The first-order valence-corrected chi connectivity index (χ1v) is 10.7. The molecule has 0 bridgehead atoms. The quantitative estimate of drug-likeness (QED) is 0.565. The van der Waals surface area contributed by atoms with Gasteiger partial charge >= 0.3 is 0 Å². The predicted molar refractivity (Wildman–Crippen MR) is 109 cm³/mol. The summed E-state index contributed by atoms with van der Waals surface area (Å²) in [5.41, 5.74) is 3.60. The predicted octanol–water partition coefficient (Wildman–Crippen LogP) is 4.09. The molecule has 4 rings (SSSR count). The van der Waals surface area contributed by atoms with E-state index in [1.54, 1.807) is 6.07 Å². The maximum absolute atomic E-state index is 12.5. The highest BCUT2D eigenvalue weighted by molar-refractivity contribution is 7.91. The number of ether oxygens (including phenoxy) is 1. The summed E-state index contributed by atoms with van der Waals surface area (Å²) in [6.07, 6.45) is 3.01. The van der Waals surface area contributed by atoms with Crippen molar-refractivity contribution in [1.82, 2.24) is 9.55 Å². The fourth-order valence-corrected chi connectivity index (χ4v) is 4.67. The van der Waals surface area contributed by atoms with Gasteiger partial charge in [0.25, 0.3) is 0 Å². The fourth-order valence-electron chi connectivity index (χ4n) is 3.76. The summed E-state index contributed by atoms with van der Waals surface area (Å²) in [4.78, 5) is 3.26. The second-order valence-electron chi connectivity index (χ2n) is 6.65. The van der Waals surface area contributed by atoms with E-state index >= 15 is 0 Å². The smallest absolute Gasteiger partial charge is 0.176 e. The van der Waals surface area contributed by atoms with Crippen LogP contribution < -0.4 is 4.74 Å². The number of aryl methyl sites for hydroxylation is 1. The molecule has 0 amide bonds. The maximum Gasteiger partial charge on any atom is 0.176 e. The minimum atomic E-state index is -3.56. The minimum Gasteiger partial charge on any atom is -0.497 e. The van der Waals surface area contributed by atoms with Gasteiger partial charge < -0.3 is 14.3 Å². The molecule has 0 aliphatic rings. The first-order chi connectivity index (χ1) is 13.4. The monoisotopic (exact) mass is 393 g/mol. The molecule has 28 heavy (non-hydrogen) atoms. The number of nitrogens with zero attached hydrogens (tertiary/aromatic N) is 2. The molecule has 2 aromatic carbocycles. The van der Waals surface area contributed by atoms with Crippen molar-refractivity contribution < 1.29 is 13.2 Å². The molecule has 0 atom stereocenters. The first-order valence-electron chi connectivity index (χ1n) is 8.81. The summed E-state index contributed by atoms with van der Waals surface area (Å²) >= 11 is 0. The molecular formula is C21H19N3O3S. The number of fused-ring (bicyclic) bond motifs is 2. The molecular weight excluding hydrogens is 374 g/mol. The lowest BCUT2D eigenvalue weighted by Gasteiger charge is -2.10. The average Bonchev–Trinajstić information content (AvgIpc) is 3.26. The molecule has 0 spiro atoms. The molecule has 0 aliphatic heterocycles. The van der Waals surface area contributed by atoms with E-state index in [9.17, 15) is 13.7 Å². The molecule has 2 heterocycles. The number of aromatic nitrogens is 2. The zero-order chi connectivity index (χ0) is 20.1. The highest BCUT2D eigenvalue weighted by Crippen LogP contribution is 2.39. The normalized spacial score (nSPS) is 11.8. The summed E-state index contributed by atoms with van der Waals surface area (Å²) in [5, 5.41) is 11.4.